The average Bonchev–Trinajstić information content (AvgIpc) is 3.47. The molecule has 0 saturated carbocycles. The van der Waals surface area contributed by atoms with E-state index in [1.54, 1.807) is 18.4 Å². The normalized spacial score (nSPS) is 12.5. The highest BCUT2D eigenvalue weighted by Crippen LogP contribution is 2.31. The Balaban J connectivity index is 1.98. The van der Waals surface area contributed by atoms with Gasteiger partial charge in [0, 0.05) is 39.7 Å². The van der Waals surface area contributed by atoms with E-state index in [-0.39, 0.29) is 11.0 Å². The highest BCUT2D eigenvalue weighted by Gasteiger charge is 2.25. The number of thiophene rings is 1. The van der Waals surface area contributed by atoms with Crippen LogP contribution in [0.5, 0.6) is 5.75 Å². The fraction of sp³-hybridized carbons (Fsp3) is 0.433. The van der Waals surface area contributed by atoms with E-state index in [1.807, 2.05) is 32.0 Å². The molecule has 0 N–H and O–H groups in total. The molecule has 3 aromatic heterocycles. The topological polar surface area (TPSA) is 59.7 Å². The zero-order valence-corrected chi connectivity index (χ0v) is 24.1. The van der Waals surface area contributed by atoms with Crippen molar-refractivity contribution in [3.05, 3.63) is 67.6 Å². The third-order valence-electron chi connectivity index (χ3n) is 6.68. The summed E-state index contributed by atoms with van der Waals surface area (Å²) in [5.74, 6) is 0.695. The first kappa shape index (κ1) is 26.9. The lowest BCUT2D eigenvalue weighted by Crippen LogP contribution is -2.22. The van der Waals surface area contributed by atoms with E-state index >= 15 is 0 Å². The molecule has 0 spiro atoms. The molecule has 4 aromatic rings. The lowest BCUT2D eigenvalue weighted by molar-refractivity contribution is 0.416. The number of nitrogens with zero attached hydrogens (tertiary/aromatic N) is 4. The minimum atomic E-state index is -0.266. The molecule has 0 aliphatic carbocycles. The van der Waals surface area contributed by atoms with Gasteiger partial charge in [-0.1, -0.05) is 45.7 Å². The van der Waals surface area contributed by atoms with E-state index in [0.717, 1.165) is 40.0 Å². The summed E-state index contributed by atoms with van der Waals surface area (Å²) in [5, 5.41) is 6.96. The summed E-state index contributed by atoms with van der Waals surface area (Å²) in [7, 11) is 1.64. The molecule has 0 fully saturated rings. The van der Waals surface area contributed by atoms with Crippen LogP contribution in [0.25, 0.3) is 23.0 Å². The van der Waals surface area contributed by atoms with Crippen LogP contribution in [0.3, 0.4) is 0 Å². The van der Waals surface area contributed by atoms with E-state index in [0.29, 0.717) is 22.7 Å². The number of fused-ring (bicyclic) bond motifs is 1. The van der Waals surface area contributed by atoms with Gasteiger partial charge in [0.1, 0.15) is 5.75 Å². The van der Waals surface area contributed by atoms with Gasteiger partial charge in [-0.2, -0.15) is 9.61 Å². The van der Waals surface area contributed by atoms with Crippen molar-refractivity contribution in [3.63, 3.8) is 0 Å². The van der Waals surface area contributed by atoms with Crippen molar-refractivity contribution in [2.75, 3.05) is 25.1 Å². The van der Waals surface area contributed by atoms with Gasteiger partial charge in [0.2, 0.25) is 0 Å². The van der Waals surface area contributed by atoms with E-state index in [4.69, 9.17) is 14.8 Å². The zero-order valence-electron chi connectivity index (χ0n) is 23.3. The van der Waals surface area contributed by atoms with Crippen molar-refractivity contribution in [1.82, 2.24) is 14.6 Å². The molecule has 37 heavy (non-hydrogen) atoms. The van der Waals surface area contributed by atoms with Crippen LogP contribution in [-0.4, -0.2) is 34.8 Å². The van der Waals surface area contributed by atoms with Crippen LogP contribution in [0.2, 0.25) is 0 Å². The van der Waals surface area contributed by atoms with Gasteiger partial charge in [0.25, 0.3) is 5.56 Å². The Morgan fingerprint density at radius 3 is 2.54 bits per heavy atom. The van der Waals surface area contributed by atoms with Crippen LogP contribution < -0.4 is 20.4 Å². The molecule has 0 radical (unpaired) electrons. The number of hydrogen-bond donors (Lipinski definition) is 0. The lowest BCUT2D eigenvalue weighted by atomic mass is 9.91. The maximum atomic E-state index is 13.6. The van der Waals surface area contributed by atoms with Crippen LogP contribution >= 0.6 is 11.3 Å². The molecule has 4 rings (SSSR count). The molecule has 0 aliphatic rings. The Hall–Kier alpha value is -3.19. The van der Waals surface area contributed by atoms with Crippen molar-refractivity contribution in [1.29, 1.82) is 0 Å². The van der Waals surface area contributed by atoms with Gasteiger partial charge < -0.3 is 9.64 Å². The number of aromatic nitrogens is 3. The van der Waals surface area contributed by atoms with Crippen molar-refractivity contribution in [2.24, 2.45) is 0 Å². The molecule has 6 nitrogen and oxygen atoms in total. The molecule has 0 bridgehead atoms. The number of benzene rings is 1. The number of hydrogen-bond acceptors (Lipinski definition) is 6. The monoisotopic (exact) mass is 518 g/mol. The van der Waals surface area contributed by atoms with E-state index in [9.17, 15) is 4.79 Å². The minimum Gasteiger partial charge on any atom is -0.496 e. The number of ether oxygens (including phenoxy) is 1. The average molecular weight is 519 g/mol. The second kappa shape index (κ2) is 10.7. The molecule has 1 aromatic carbocycles. The smallest absolute Gasteiger partial charge is 0.278 e. The number of methoxy groups -OCH3 is 1. The molecule has 196 valence electrons. The van der Waals surface area contributed by atoms with Crippen molar-refractivity contribution in [2.45, 2.75) is 66.7 Å². The van der Waals surface area contributed by atoms with Crippen LogP contribution in [0.4, 0.5) is 5.00 Å². The SMILES string of the molecule is CCCCN(CC)c1ccc(/C=c2/c(C(C)(C)C)nn3c(=O)c(C)c(-c4cc(C)ccc4OC)nc23)s1. The van der Waals surface area contributed by atoms with E-state index in [1.165, 1.54) is 22.4 Å². The fourth-order valence-corrected chi connectivity index (χ4v) is 5.62. The lowest BCUT2D eigenvalue weighted by Gasteiger charge is -2.20. The van der Waals surface area contributed by atoms with E-state index < -0.39 is 0 Å². The first-order valence-corrected chi connectivity index (χ1v) is 13.9. The molecule has 3 heterocycles. The van der Waals surface area contributed by atoms with Gasteiger partial charge in [-0.3, -0.25) is 4.79 Å². The zero-order chi connectivity index (χ0) is 26.9. The summed E-state index contributed by atoms with van der Waals surface area (Å²) in [6, 6.07) is 10.3. The standard InChI is InChI=1S/C30H38N4O2S/c1-9-11-16-33(10-2)25-15-13-21(37-25)18-23-27(30(5,6)7)32-34-28(23)31-26(20(4)29(34)35)22-17-19(3)12-14-24(22)36-8/h12-15,17-18H,9-11,16H2,1-8H3/b23-18-. The third kappa shape index (κ3) is 5.28. The summed E-state index contributed by atoms with van der Waals surface area (Å²) in [6.07, 6.45) is 4.49. The molecule has 0 amide bonds. The second-order valence-corrected chi connectivity index (χ2v) is 11.7. The summed E-state index contributed by atoms with van der Waals surface area (Å²) in [6.45, 7) is 16.7. The molecule has 0 atom stereocenters. The summed E-state index contributed by atoms with van der Waals surface area (Å²) >= 11 is 1.77. The summed E-state index contributed by atoms with van der Waals surface area (Å²) in [4.78, 5) is 22.2. The van der Waals surface area contributed by atoms with Gasteiger partial charge >= 0.3 is 0 Å². The molecule has 0 unspecified atom stereocenters. The number of anilines is 1. The Morgan fingerprint density at radius 2 is 1.89 bits per heavy atom. The first-order valence-electron chi connectivity index (χ1n) is 13.0. The third-order valence-corrected chi connectivity index (χ3v) is 7.77. The largest absolute Gasteiger partial charge is 0.496 e. The van der Waals surface area contributed by atoms with Crippen molar-refractivity contribution < 1.29 is 4.74 Å². The highest BCUT2D eigenvalue weighted by atomic mass is 32.1. The Labute approximate surface area is 223 Å². The maximum Gasteiger partial charge on any atom is 0.278 e. The molecular formula is C30H38N4O2S. The highest BCUT2D eigenvalue weighted by molar-refractivity contribution is 7.16. The number of rotatable bonds is 8. The van der Waals surface area contributed by atoms with Crippen LogP contribution in [-0.2, 0) is 5.41 Å². The molecule has 7 heteroatoms. The van der Waals surface area contributed by atoms with Gasteiger partial charge in [-0.15, -0.1) is 11.3 Å². The van der Waals surface area contributed by atoms with Crippen LogP contribution in [0.1, 0.15) is 69.2 Å². The van der Waals surface area contributed by atoms with E-state index in [2.05, 4.69) is 57.7 Å². The van der Waals surface area contributed by atoms with Gasteiger partial charge in [-0.25, -0.2) is 4.98 Å². The molecular weight excluding hydrogens is 480 g/mol. The summed E-state index contributed by atoms with van der Waals surface area (Å²) in [5.41, 5.74) is 4.10. The predicted octanol–water partition coefficient (Wildman–Crippen LogP) is 5.92. The first-order chi connectivity index (χ1) is 17.6. The minimum absolute atomic E-state index is 0.155. The number of unbranched alkanes of at least 4 members (excludes halogenated alkanes) is 1. The Morgan fingerprint density at radius 1 is 1.14 bits per heavy atom. The predicted molar refractivity (Wildman–Crippen MR) is 155 cm³/mol. The van der Waals surface area contributed by atoms with Crippen LogP contribution in [0, 0.1) is 13.8 Å². The molecule has 0 saturated heterocycles. The summed E-state index contributed by atoms with van der Waals surface area (Å²) < 4.78 is 7.11. The Kier molecular flexibility index (Phi) is 7.74. The Bertz CT molecular complexity index is 1530. The van der Waals surface area contributed by atoms with Gasteiger partial charge in [0.15, 0.2) is 5.65 Å². The molecule has 0 aliphatic heterocycles. The maximum absolute atomic E-state index is 13.6. The van der Waals surface area contributed by atoms with Gasteiger partial charge in [0.05, 0.1) is 23.5 Å². The fourth-order valence-electron chi connectivity index (χ4n) is 4.58. The van der Waals surface area contributed by atoms with Crippen LogP contribution in [0.15, 0.2) is 35.1 Å². The van der Waals surface area contributed by atoms with Crippen molar-refractivity contribution >= 4 is 28.1 Å². The van der Waals surface area contributed by atoms with Crippen molar-refractivity contribution in [3.8, 4) is 17.0 Å². The number of aryl methyl sites for hydroxylation is 1. The van der Waals surface area contributed by atoms with Gasteiger partial charge in [-0.05, 0) is 57.5 Å². The second-order valence-electron chi connectivity index (χ2n) is 10.6. The quantitative estimate of drug-likeness (QED) is 0.290.